The summed E-state index contributed by atoms with van der Waals surface area (Å²) < 4.78 is 30.7. The smallest absolute Gasteiger partial charge is 0.235 e. The molecule has 0 fully saturated rings. The second-order valence-electron chi connectivity index (χ2n) is 3.61. The topological polar surface area (TPSA) is 81.4 Å². The molecule has 5 nitrogen and oxygen atoms in total. The molecule has 0 bridgehead atoms. The van der Waals surface area contributed by atoms with Crippen LogP contribution < -0.4 is 10.5 Å². The maximum absolute atomic E-state index is 11.8. The van der Waals surface area contributed by atoms with E-state index in [1.54, 1.807) is 18.2 Å². The van der Waals surface area contributed by atoms with Crippen LogP contribution >= 0.6 is 11.6 Å². The highest BCUT2D eigenvalue weighted by Crippen LogP contribution is 2.21. The molecule has 0 aliphatic carbocycles. The summed E-state index contributed by atoms with van der Waals surface area (Å²) in [5, 5.41) is 0.473. The Kier molecular flexibility index (Phi) is 6.12. The molecule has 0 heterocycles. The van der Waals surface area contributed by atoms with E-state index in [1.807, 2.05) is 0 Å². The molecule has 0 aliphatic rings. The predicted molar refractivity (Wildman–Crippen MR) is 76.7 cm³/mol. The fourth-order valence-electron chi connectivity index (χ4n) is 1.27. The SMILES string of the molecule is COCCS(=O)(=O)Nc1ccc(Cl)cc1C#CCN. The van der Waals surface area contributed by atoms with Gasteiger partial charge in [-0.25, -0.2) is 8.42 Å². The van der Waals surface area contributed by atoms with Crippen molar-refractivity contribution in [1.29, 1.82) is 0 Å². The van der Waals surface area contributed by atoms with E-state index in [0.29, 0.717) is 16.3 Å². The van der Waals surface area contributed by atoms with Crippen LogP contribution in [0.4, 0.5) is 5.69 Å². The highest BCUT2D eigenvalue weighted by Gasteiger charge is 2.12. The van der Waals surface area contributed by atoms with Crippen molar-refractivity contribution in [3.05, 3.63) is 28.8 Å². The number of sulfonamides is 1. The van der Waals surface area contributed by atoms with Crippen LogP contribution in [0.3, 0.4) is 0 Å². The van der Waals surface area contributed by atoms with Crippen molar-refractivity contribution in [3.8, 4) is 11.8 Å². The van der Waals surface area contributed by atoms with Gasteiger partial charge >= 0.3 is 0 Å². The number of benzene rings is 1. The Labute approximate surface area is 118 Å². The van der Waals surface area contributed by atoms with Crippen molar-refractivity contribution >= 4 is 27.3 Å². The second-order valence-corrected chi connectivity index (χ2v) is 5.89. The molecule has 104 valence electrons. The Bertz CT molecular complexity index is 591. The Morgan fingerprint density at radius 2 is 2.21 bits per heavy atom. The molecule has 0 saturated carbocycles. The third-order valence-electron chi connectivity index (χ3n) is 2.13. The second kappa shape index (κ2) is 7.36. The van der Waals surface area contributed by atoms with Gasteiger partial charge in [-0.3, -0.25) is 4.72 Å². The fraction of sp³-hybridized carbons (Fsp3) is 0.333. The molecule has 0 atom stereocenters. The molecule has 1 aromatic rings. The normalized spacial score (nSPS) is 10.7. The molecular formula is C12H15ClN2O3S. The van der Waals surface area contributed by atoms with Crippen LogP contribution in [-0.4, -0.2) is 34.4 Å². The predicted octanol–water partition coefficient (Wildman–Crippen LogP) is 1.04. The van der Waals surface area contributed by atoms with Crippen molar-refractivity contribution in [3.63, 3.8) is 0 Å². The van der Waals surface area contributed by atoms with E-state index in [2.05, 4.69) is 16.6 Å². The van der Waals surface area contributed by atoms with Crippen LogP contribution in [0.2, 0.25) is 5.02 Å². The minimum atomic E-state index is -3.47. The van der Waals surface area contributed by atoms with Gasteiger partial charge in [0.05, 0.1) is 30.2 Å². The molecule has 0 aliphatic heterocycles. The van der Waals surface area contributed by atoms with Gasteiger partial charge < -0.3 is 10.5 Å². The lowest BCUT2D eigenvalue weighted by Gasteiger charge is -2.09. The monoisotopic (exact) mass is 302 g/mol. The number of halogens is 1. The summed E-state index contributed by atoms with van der Waals surface area (Å²) >= 11 is 5.85. The lowest BCUT2D eigenvalue weighted by molar-refractivity contribution is 0.217. The first kappa shape index (κ1) is 15.8. The van der Waals surface area contributed by atoms with Crippen molar-refractivity contribution in [2.75, 3.05) is 30.7 Å². The third-order valence-corrected chi connectivity index (χ3v) is 3.60. The van der Waals surface area contributed by atoms with E-state index in [0.717, 1.165) is 0 Å². The average molecular weight is 303 g/mol. The maximum atomic E-state index is 11.8. The molecule has 0 aromatic heterocycles. The summed E-state index contributed by atoms with van der Waals surface area (Å²) in [7, 11) is -2.03. The molecule has 0 unspecified atom stereocenters. The molecule has 0 spiro atoms. The number of hydrogen-bond acceptors (Lipinski definition) is 4. The van der Waals surface area contributed by atoms with Crippen LogP contribution in [0.1, 0.15) is 5.56 Å². The number of hydrogen-bond donors (Lipinski definition) is 2. The zero-order chi connectivity index (χ0) is 14.3. The minimum absolute atomic E-state index is 0.118. The molecule has 7 heteroatoms. The highest BCUT2D eigenvalue weighted by molar-refractivity contribution is 7.92. The van der Waals surface area contributed by atoms with Crippen molar-refractivity contribution in [1.82, 2.24) is 0 Å². The molecule has 19 heavy (non-hydrogen) atoms. The summed E-state index contributed by atoms with van der Waals surface area (Å²) in [5.41, 5.74) is 6.16. The van der Waals surface area contributed by atoms with Gasteiger partial charge in [0.1, 0.15) is 0 Å². The van der Waals surface area contributed by atoms with Gasteiger partial charge in [0.15, 0.2) is 0 Å². The maximum Gasteiger partial charge on any atom is 0.235 e. The Balaban J connectivity index is 3.00. The van der Waals surface area contributed by atoms with E-state index in [9.17, 15) is 8.42 Å². The number of methoxy groups -OCH3 is 1. The van der Waals surface area contributed by atoms with Crippen LogP contribution in [-0.2, 0) is 14.8 Å². The zero-order valence-corrected chi connectivity index (χ0v) is 12.0. The molecule has 1 aromatic carbocycles. The molecule has 3 N–H and O–H groups in total. The first-order chi connectivity index (χ1) is 8.98. The van der Waals surface area contributed by atoms with Crippen molar-refractivity contribution in [2.24, 2.45) is 5.73 Å². The third kappa shape index (κ3) is 5.49. The van der Waals surface area contributed by atoms with Gasteiger partial charge in [0, 0.05) is 12.1 Å². The lowest BCUT2D eigenvalue weighted by Crippen LogP contribution is -2.20. The average Bonchev–Trinajstić information content (AvgIpc) is 2.36. The minimum Gasteiger partial charge on any atom is -0.384 e. The standard InChI is InChI=1S/C12H15ClN2O3S/c1-18-7-8-19(16,17)15-12-5-4-11(13)9-10(12)3-2-6-14/h4-5,9,15H,6-8,14H2,1H3. The van der Waals surface area contributed by atoms with Gasteiger partial charge in [0.2, 0.25) is 10.0 Å². The Morgan fingerprint density at radius 3 is 2.84 bits per heavy atom. The van der Waals surface area contributed by atoms with Crippen LogP contribution in [0.15, 0.2) is 18.2 Å². The summed E-state index contributed by atoms with van der Waals surface area (Å²) in [5.74, 6) is 5.31. The number of anilines is 1. The zero-order valence-electron chi connectivity index (χ0n) is 10.4. The van der Waals surface area contributed by atoms with Gasteiger partial charge in [-0.1, -0.05) is 23.4 Å². The largest absolute Gasteiger partial charge is 0.384 e. The number of rotatable bonds is 5. The molecule has 0 radical (unpaired) electrons. The van der Waals surface area contributed by atoms with Gasteiger partial charge in [0.25, 0.3) is 0 Å². The number of ether oxygens (including phenoxy) is 1. The quantitative estimate of drug-likeness (QED) is 0.796. The van der Waals surface area contributed by atoms with Crippen molar-refractivity contribution < 1.29 is 13.2 Å². The van der Waals surface area contributed by atoms with Crippen molar-refractivity contribution in [2.45, 2.75) is 0 Å². The summed E-state index contributed by atoms with van der Waals surface area (Å²) in [6.07, 6.45) is 0. The van der Waals surface area contributed by atoms with Crippen LogP contribution in [0.25, 0.3) is 0 Å². The highest BCUT2D eigenvalue weighted by atomic mass is 35.5. The fourth-order valence-corrected chi connectivity index (χ4v) is 2.44. The van der Waals surface area contributed by atoms with E-state index < -0.39 is 10.0 Å². The molecular weight excluding hydrogens is 288 g/mol. The summed E-state index contributed by atoms with van der Waals surface area (Å²) in [6.45, 7) is 0.301. The Hall–Kier alpha value is -1.26. The van der Waals surface area contributed by atoms with Gasteiger partial charge in [-0.2, -0.15) is 0 Å². The lowest BCUT2D eigenvalue weighted by atomic mass is 10.2. The van der Waals surface area contributed by atoms with Crippen LogP contribution in [0, 0.1) is 11.8 Å². The van der Waals surface area contributed by atoms with E-state index in [1.165, 1.54) is 7.11 Å². The van der Waals surface area contributed by atoms with Gasteiger partial charge in [-0.15, -0.1) is 0 Å². The van der Waals surface area contributed by atoms with Gasteiger partial charge in [-0.05, 0) is 18.2 Å². The van der Waals surface area contributed by atoms with E-state index in [-0.39, 0.29) is 18.9 Å². The number of nitrogens with one attached hydrogen (secondary N) is 1. The Morgan fingerprint density at radius 1 is 1.47 bits per heavy atom. The first-order valence-electron chi connectivity index (χ1n) is 5.46. The molecule has 0 saturated heterocycles. The summed E-state index contributed by atoms with van der Waals surface area (Å²) in [4.78, 5) is 0. The van der Waals surface area contributed by atoms with E-state index >= 15 is 0 Å². The first-order valence-corrected chi connectivity index (χ1v) is 7.49. The summed E-state index contributed by atoms with van der Waals surface area (Å²) in [6, 6.07) is 4.73. The number of nitrogens with two attached hydrogens (primary N) is 1. The van der Waals surface area contributed by atoms with Crippen LogP contribution in [0.5, 0.6) is 0 Å². The van der Waals surface area contributed by atoms with E-state index in [4.69, 9.17) is 22.1 Å². The molecule has 1 rings (SSSR count). The molecule has 0 amide bonds.